The molecule has 0 N–H and O–H groups in total. The van der Waals surface area contributed by atoms with Crippen molar-refractivity contribution < 1.29 is 4.79 Å². The van der Waals surface area contributed by atoms with Gasteiger partial charge in [0.25, 0.3) is 0 Å². The van der Waals surface area contributed by atoms with Gasteiger partial charge in [0.1, 0.15) is 0 Å². The number of benzene rings is 1. The molecule has 0 saturated carbocycles. The molecule has 0 spiro atoms. The normalized spacial score (nSPS) is 12.7. The first kappa shape index (κ1) is 17.0. The lowest BCUT2D eigenvalue weighted by atomic mass is 10.1. The fraction of sp³-hybridized carbons (Fsp3) is 0.500. The van der Waals surface area contributed by atoms with Gasteiger partial charge < -0.3 is 4.90 Å². The molecule has 1 aromatic carbocycles. The lowest BCUT2D eigenvalue weighted by molar-refractivity contribution is 0.0964. The monoisotopic (exact) mass is 363 g/mol. The molecule has 1 atom stereocenters. The van der Waals surface area contributed by atoms with E-state index in [2.05, 4.69) is 41.1 Å². The van der Waals surface area contributed by atoms with Gasteiger partial charge in [-0.3, -0.25) is 4.79 Å². The van der Waals surface area contributed by atoms with Crippen LogP contribution in [0.15, 0.2) is 22.7 Å². The predicted octanol–water partition coefficient (Wildman–Crippen LogP) is 4.36. The SMILES string of the molecule is CSCC(C)N(C)CCC(=O)c1ccc(Br)cc1Cl. The number of nitrogens with zero attached hydrogens (tertiary/aromatic N) is 1. The molecule has 19 heavy (non-hydrogen) atoms. The van der Waals surface area contributed by atoms with Gasteiger partial charge in [-0.1, -0.05) is 27.5 Å². The van der Waals surface area contributed by atoms with Crippen molar-refractivity contribution in [3.63, 3.8) is 0 Å². The molecule has 1 aromatic rings. The summed E-state index contributed by atoms with van der Waals surface area (Å²) in [5, 5.41) is 0.513. The fourth-order valence-corrected chi connectivity index (χ4v) is 3.23. The van der Waals surface area contributed by atoms with E-state index in [1.807, 2.05) is 17.8 Å². The number of hydrogen-bond acceptors (Lipinski definition) is 3. The number of ketones is 1. The van der Waals surface area contributed by atoms with Crippen LogP contribution in [0, 0.1) is 0 Å². The summed E-state index contributed by atoms with van der Waals surface area (Å²) in [7, 11) is 2.05. The molecule has 0 aliphatic carbocycles. The van der Waals surface area contributed by atoms with Gasteiger partial charge >= 0.3 is 0 Å². The van der Waals surface area contributed by atoms with E-state index in [1.165, 1.54) is 0 Å². The Morgan fingerprint density at radius 1 is 1.53 bits per heavy atom. The van der Waals surface area contributed by atoms with Crippen LogP contribution in [-0.2, 0) is 0 Å². The van der Waals surface area contributed by atoms with E-state index >= 15 is 0 Å². The third-order valence-electron chi connectivity index (χ3n) is 3.08. The van der Waals surface area contributed by atoms with E-state index in [0.717, 1.165) is 16.8 Å². The molecule has 0 amide bonds. The minimum absolute atomic E-state index is 0.0979. The number of hydrogen-bond donors (Lipinski definition) is 0. The molecule has 106 valence electrons. The highest BCUT2D eigenvalue weighted by Gasteiger charge is 2.14. The summed E-state index contributed by atoms with van der Waals surface area (Å²) in [6.07, 6.45) is 2.59. The second-order valence-electron chi connectivity index (χ2n) is 4.58. The Morgan fingerprint density at radius 2 is 2.21 bits per heavy atom. The van der Waals surface area contributed by atoms with Crippen LogP contribution in [0.4, 0.5) is 0 Å². The Balaban J connectivity index is 2.56. The second kappa shape index (κ2) is 8.30. The Bertz CT molecular complexity index is 441. The van der Waals surface area contributed by atoms with Crippen LogP contribution in [-0.4, -0.2) is 42.3 Å². The zero-order valence-corrected chi connectivity index (χ0v) is 14.6. The average Bonchev–Trinajstić information content (AvgIpc) is 2.35. The molecule has 0 fully saturated rings. The van der Waals surface area contributed by atoms with Crippen molar-refractivity contribution in [2.45, 2.75) is 19.4 Å². The van der Waals surface area contributed by atoms with Crippen molar-refractivity contribution in [2.75, 3.05) is 25.6 Å². The largest absolute Gasteiger partial charge is 0.302 e. The molecule has 0 bridgehead atoms. The molecule has 1 unspecified atom stereocenters. The lowest BCUT2D eigenvalue weighted by Gasteiger charge is -2.23. The first-order chi connectivity index (χ1) is 8.95. The van der Waals surface area contributed by atoms with Crippen LogP contribution >= 0.6 is 39.3 Å². The summed E-state index contributed by atoms with van der Waals surface area (Å²) in [6, 6.07) is 5.86. The van der Waals surface area contributed by atoms with E-state index in [-0.39, 0.29) is 5.78 Å². The Morgan fingerprint density at radius 3 is 2.79 bits per heavy atom. The van der Waals surface area contributed by atoms with Crippen molar-refractivity contribution in [2.24, 2.45) is 0 Å². The van der Waals surface area contributed by atoms with Crippen molar-refractivity contribution in [1.29, 1.82) is 0 Å². The highest BCUT2D eigenvalue weighted by molar-refractivity contribution is 9.10. The molecule has 0 heterocycles. The minimum Gasteiger partial charge on any atom is -0.302 e. The van der Waals surface area contributed by atoms with Gasteiger partial charge in [0.15, 0.2) is 5.78 Å². The number of carbonyl (C=O) groups is 1. The van der Waals surface area contributed by atoms with Gasteiger partial charge in [-0.15, -0.1) is 0 Å². The van der Waals surface area contributed by atoms with Crippen LogP contribution in [0.3, 0.4) is 0 Å². The van der Waals surface area contributed by atoms with Crippen LogP contribution in [0.5, 0.6) is 0 Å². The standard InChI is InChI=1S/C14H19BrClNOS/c1-10(9-19-3)17(2)7-6-14(18)12-5-4-11(15)8-13(12)16/h4-5,8,10H,6-7,9H2,1-3H3. The highest BCUT2D eigenvalue weighted by atomic mass is 79.9. The highest BCUT2D eigenvalue weighted by Crippen LogP contribution is 2.22. The number of halogens is 2. The predicted molar refractivity (Wildman–Crippen MR) is 88.6 cm³/mol. The summed E-state index contributed by atoms with van der Waals surface area (Å²) >= 11 is 11.2. The number of Topliss-reactive ketones (excluding diaryl/α,β-unsaturated/α-hetero) is 1. The third-order valence-corrected chi connectivity index (χ3v) is 4.71. The molecule has 0 saturated heterocycles. The summed E-state index contributed by atoms with van der Waals surface area (Å²) in [6.45, 7) is 2.93. The van der Waals surface area contributed by atoms with E-state index < -0.39 is 0 Å². The molecule has 1 rings (SSSR count). The number of carbonyl (C=O) groups excluding carboxylic acids is 1. The van der Waals surface area contributed by atoms with Crippen LogP contribution < -0.4 is 0 Å². The molecule has 0 radical (unpaired) electrons. The summed E-state index contributed by atoms with van der Waals surface area (Å²) in [5.41, 5.74) is 0.607. The Kier molecular flexibility index (Phi) is 7.44. The third kappa shape index (κ3) is 5.46. The van der Waals surface area contributed by atoms with Crippen LogP contribution in [0.25, 0.3) is 0 Å². The quantitative estimate of drug-likeness (QED) is 0.671. The summed E-state index contributed by atoms with van der Waals surface area (Å²) < 4.78 is 0.889. The smallest absolute Gasteiger partial charge is 0.165 e. The summed E-state index contributed by atoms with van der Waals surface area (Å²) in [5.74, 6) is 1.17. The molecule has 0 aliphatic heterocycles. The molecule has 0 aliphatic rings. The molecule has 0 aromatic heterocycles. The van der Waals surface area contributed by atoms with Crippen molar-refractivity contribution in [1.82, 2.24) is 4.90 Å². The Labute approximate surface area is 133 Å². The first-order valence-electron chi connectivity index (χ1n) is 6.13. The maximum atomic E-state index is 12.1. The van der Waals surface area contributed by atoms with Crippen LogP contribution in [0.2, 0.25) is 5.02 Å². The van der Waals surface area contributed by atoms with Gasteiger partial charge in [-0.2, -0.15) is 11.8 Å². The zero-order valence-electron chi connectivity index (χ0n) is 11.5. The van der Waals surface area contributed by atoms with Gasteiger partial charge in [0, 0.05) is 34.8 Å². The maximum absolute atomic E-state index is 12.1. The van der Waals surface area contributed by atoms with Crippen molar-refractivity contribution in [3.8, 4) is 0 Å². The maximum Gasteiger partial charge on any atom is 0.165 e. The molecular formula is C14H19BrClNOS. The van der Waals surface area contributed by atoms with E-state index in [4.69, 9.17) is 11.6 Å². The average molecular weight is 365 g/mol. The van der Waals surface area contributed by atoms with E-state index in [9.17, 15) is 4.79 Å². The Hall–Kier alpha value is -0.0300. The van der Waals surface area contributed by atoms with E-state index in [1.54, 1.807) is 12.1 Å². The van der Waals surface area contributed by atoms with Gasteiger partial charge in [0.2, 0.25) is 0 Å². The molecular weight excluding hydrogens is 346 g/mol. The van der Waals surface area contributed by atoms with E-state index in [0.29, 0.717) is 23.0 Å². The van der Waals surface area contributed by atoms with Crippen molar-refractivity contribution >= 4 is 45.1 Å². The van der Waals surface area contributed by atoms with Crippen LogP contribution in [0.1, 0.15) is 23.7 Å². The number of rotatable bonds is 7. The summed E-state index contributed by atoms with van der Waals surface area (Å²) in [4.78, 5) is 14.3. The fourth-order valence-electron chi connectivity index (χ4n) is 1.72. The topological polar surface area (TPSA) is 20.3 Å². The van der Waals surface area contributed by atoms with Crippen molar-refractivity contribution in [3.05, 3.63) is 33.3 Å². The minimum atomic E-state index is 0.0979. The van der Waals surface area contributed by atoms with Gasteiger partial charge in [0.05, 0.1) is 5.02 Å². The second-order valence-corrected chi connectivity index (χ2v) is 6.82. The number of thioether (sulfide) groups is 1. The molecule has 5 heteroatoms. The lowest BCUT2D eigenvalue weighted by Crippen LogP contribution is -2.32. The zero-order chi connectivity index (χ0) is 14.4. The first-order valence-corrected chi connectivity index (χ1v) is 8.69. The van der Waals surface area contributed by atoms with Gasteiger partial charge in [-0.05, 0) is 38.4 Å². The molecule has 2 nitrogen and oxygen atoms in total. The van der Waals surface area contributed by atoms with Gasteiger partial charge in [-0.25, -0.2) is 0 Å².